The molecule has 0 atom stereocenters. The molecule has 6 nitrogen and oxygen atoms in total. The molecule has 3 rings (SSSR count). The highest BCUT2D eigenvalue weighted by Crippen LogP contribution is 2.23. The van der Waals surface area contributed by atoms with Gasteiger partial charge in [0.05, 0.1) is 19.7 Å². The summed E-state index contributed by atoms with van der Waals surface area (Å²) in [5.41, 5.74) is 0.952. The van der Waals surface area contributed by atoms with Crippen LogP contribution in [0.3, 0.4) is 0 Å². The number of halogens is 1. The molecule has 0 spiro atoms. The topological polar surface area (TPSA) is 69.0 Å². The third-order valence-corrected chi connectivity index (χ3v) is 4.75. The Labute approximate surface area is 158 Å². The van der Waals surface area contributed by atoms with Crippen LogP contribution in [0, 0.1) is 0 Å². The molecule has 0 bridgehead atoms. The van der Waals surface area contributed by atoms with Crippen LogP contribution in [0.4, 0.5) is 0 Å². The molecule has 0 aliphatic carbocycles. The lowest BCUT2D eigenvalue weighted by atomic mass is 10.2. The molecule has 1 aromatic heterocycles. The standard InChI is InChI=1S/C19H24ClN3O3/c20-16-3-1-15(2-4-16)18-6-5-17(26-18)13-21-19(25)14-23-9-7-22(8-10-23)11-12-24/h1-6,24H,7-14H2,(H,21,25). The first-order chi connectivity index (χ1) is 12.6. The normalized spacial score (nSPS) is 15.9. The average molecular weight is 378 g/mol. The fourth-order valence-electron chi connectivity index (χ4n) is 3.00. The van der Waals surface area contributed by atoms with Crippen molar-refractivity contribution in [1.29, 1.82) is 0 Å². The largest absolute Gasteiger partial charge is 0.459 e. The number of aliphatic hydroxyl groups is 1. The van der Waals surface area contributed by atoms with Gasteiger partial charge in [0.2, 0.25) is 5.91 Å². The first kappa shape index (κ1) is 18.9. The number of furan rings is 1. The van der Waals surface area contributed by atoms with Gasteiger partial charge in [-0.05, 0) is 36.4 Å². The molecule has 0 unspecified atom stereocenters. The van der Waals surface area contributed by atoms with Gasteiger partial charge in [0.15, 0.2) is 0 Å². The van der Waals surface area contributed by atoms with Crippen LogP contribution in [0.2, 0.25) is 5.02 Å². The van der Waals surface area contributed by atoms with Crippen molar-refractivity contribution < 1.29 is 14.3 Å². The summed E-state index contributed by atoms with van der Waals surface area (Å²) in [5.74, 6) is 1.46. The van der Waals surface area contributed by atoms with Crippen LogP contribution in [-0.4, -0.2) is 66.7 Å². The molecule has 2 N–H and O–H groups in total. The van der Waals surface area contributed by atoms with Crippen molar-refractivity contribution in [2.45, 2.75) is 6.54 Å². The lowest BCUT2D eigenvalue weighted by molar-refractivity contribution is -0.122. The molecule has 2 aromatic rings. The van der Waals surface area contributed by atoms with E-state index in [1.54, 1.807) is 0 Å². The molecule has 7 heteroatoms. The fraction of sp³-hybridized carbons (Fsp3) is 0.421. The van der Waals surface area contributed by atoms with E-state index in [9.17, 15) is 4.79 Å². The zero-order valence-electron chi connectivity index (χ0n) is 14.7. The van der Waals surface area contributed by atoms with Gasteiger partial charge in [0, 0.05) is 43.3 Å². The van der Waals surface area contributed by atoms with Gasteiger partial charge in [-0.25, -0.2) is 0 Å². The van der Waals surface area contributed by atoms with Crippen LogP contribution in [0.1, 0.15) is 5.76 Å². The number of nitrogens with zero attached hydrogens (tertiary/aromatic N) is 2. The van der Waals surface area contributed by atoms with Crippen molar-refractivity contribution in [3.05, 3.63) is 47.2 Å². The molecule has 1 aliphatic rings. The van der Waals surface area contributed by atoms with E-state index in [0.29, 0.717) is 24.7 Å². The Balaban J connectivity index is 1.43. The third kappa shape index (κ3) is 5.32. The Morgan fingerprint density at radius 3 is 2.46 bits per heavy atom. The highest BCUT2D eigenvalue weighted by Gasteiger charge is 2.18. The van der Waals surface area contributed by atoms with E-state index in [0.717, 1.165) is 43.3 Å². The van der Waals surface area contributed by atoms with Crippen molar-refractivity contribution in [3.8, 4) is 11.3 Å². The van der Waals surface area contributed by atoms with Gasteiger partial charge in [-0.1, -0.05) is 11.6 Å². The third-order valence-electron chi connectivity index (χ3n) is 4.50. The van der Waals surface area contributed by atoms with E-state index in [-0.39, 0.29) is 12.5 Å². The van der Waals surface area contributed by atoms with Crippen molar-refractivity contribution in [2.75, 3.05) is 45.9 Å². The number of carbonyl (C=O) groups is 1. The van der Waals surface area contributed by atoms with Crippen molar-refractivity contribution >= 4 is 17.5 Å². The van der Waals surface area contributed by atoms with Crippen LogP contribution in [0.5, 0.6) is 0 Å². The predicted molar refractivity (Wildman–Crippen MR) is 101 cm³/mol. The molecule has 140 valence electrons. The summed E-state index contributed by atoms with van der Waals surface area (Å²) >= 11 is 5.90. The van der Waals surface area contributed by atoms with Crippen LogP contribution in [-0.2, 0) is 11.3 Å². The van der Waals surface area contributed by atoms with E-state index in [1.165, 1.54) is 0 Å². The molecule has 1 aliphatic heterocycles. The maximum absolute atomic E-state index is 12.1. The second kappa shape index (κ2) is 9.19. The quantitative estimate of drug-likeness (QED) is 0.770. The van der Waals surface area contributed by atoms with Gasteiger partial charge in [-0.15, -0.1) is 0 Å². The lowest BCUT2D eigenvalue weighted by Crippen LogP contribution is -2.49. The molecule has 2 heterocycles. The minimum atomic E-state index is -0.00921. The second-order valence-electron chi connectivity index (χ2n) is 6.39. The number of hydrogen-bond donors (Lipinski definition) is 2. The predicted octanol–water partition coefficient (Wildman–Crippen LogP) is 1.83. The Morgan fingerprint density at radius 2 is 1.77 bits per heavy atom. The number of piperazine rings is 1. The van der Waals surface area contributed by atoms with Crippen molar-refractivity contribution in [3.63, 3.8) is 0 Å². The molecule has 1 saturated heterocycles. The fourth-order valence-corrected chi connectivity index (χ4v) is 3.13. The van der Waals surface area contributed by atoms with Crippen LogP contribution in [0.25, 0.3) is 11.3 Å². The van der Waals surface area contributed by atoms with Gasteiger partial charge in [-0.3, -0.25) is 14.6 Å². The summed E-state index contributed by atoms with van der Waals surface area (Å²) in [5, 5.41) is 12.6. The monoisotopic (exact) mass is 377 g/mol. The first-order valence-corrected chi connectivity index (χ1v) is 9.19. The van der Waals surface area contributed by atoms with Crippen LogP contribution in [0.15, 0.2) is 40.8 Å². The average Bonchev–Trinajstić information content (AvgIpc) is 3.11. The maximum Gasteiger partial charge on any atom is 0.234 e. The number of nitrogens with one attached hydrogen (secondary N) is 1. The smallest absolute Gasteiger partial charge is 0.234 e. The number of amides is 1. The number of benzene rings is 1. The van der Waals surface area contributed by atoms with Crippen LogP contribution >= 0.6 is 11.6 Å². The SMILES string of the molecule is O=C(CN1CCN(CCO)CC1)NCc1ccc(-c2ccc(Cl)cc2)o1. The zero-order chi connectivity index (χ0) is 18.4. The van der Waals surface area contributed by atoms with Crippen molar-refractivity contribution in [2.24, 2.45) is 0 Å². The number of rotatable bonds is 7. The Hall–Kier alpha value is -1.86. The molecule has 1 amide bonds. The maximum atomic E-state index is 12.1. The molecular formula is C19H24ClN3O3. The summed E-state index contributed by atoms with van der Waals surface area (Å²) in [6, 6.07) is 11.2. The van der Waals surface area contributed by atoms with E-state index in [1.807, 2.05) is 36.4 Å². The van der Waals surface area contributed by atoms with E-state index < -0.39 is 0 Å². The zero-order valence-corrected chi connectivity index (χ0v) is 15.4. The molecular weight excluding hydrogens is 354 g/mol. The van der Waals surface area contributed by atoms with E-state index >= 15 is 0 Å². The lowest BCUT2D eigenvalue weighted by Gasteiger charge is -2.33. The Bertz CT molecular complexity index is 709. The number of aliphatic hydroxyl groups excluding tert-OH is 1. The second-order valence-corrected chi connectivity index (χ2v) is 6.83. The molecule has 26 heavy (non-hydrogen) atoms. The minimum absolute atomic E-state index is 0.00921. The molecule has 1 aromatic carbocycles. The van der Waals surface area contributed by atoms with Crippen molar-refractivity contribution in [1.82, 2.24) is 15.1 Å². The van der Waals surface area contributed by atoms with Gasteiger partial charge in [-0.2, -0.15) is 0 Å². The molecule has 0 radical (unpaired) electrons. The number of hydrogen-bond acceptors (Lipinski definition) is 5. The summed E-state index contributed by atoms with van der Waals surface area (Å²) in [6.07, 6.45) is 0. The van der Waals surface area contributed by atoms with Gasteiger partial charge >= 0.3 is 0 Å². The molecule has 0 saturated carbocycles. The highest BCUT2D eigenvalue weighted by atomic mass is 35.5. The first-order valence-electron chi connectivity index (χ1n) is 8.81. The summed E-state index contributed by atoms with van der Waals surface area (Å²) in [6.45, 7) is 5.10. The van der Waals surface area contributed by atoms with Gasteiger partial charge in [0.25, 0.3) is 0 Å². The Kier molecular flexibility index (Phi) is 6.68. The number of β-amino-alcohol motifs (C(OH)–C–C–N with tert-alkyl or cyclic N) is 1. The van der Waals surface area contributed by atoms with E-state index in [2.05, 4.69) is 15.1 Å². The minimum Gasteiger partial charge on any atom is -0.459 e. The van der Waals surface area contributed by atoms with Gasteiger partial charge in [0.1, 0.15) is 11.5 Å². The van der Waals surface area contributed by atoms with E-state index in [4.69, 9.17) is 21.1 Å². The summed E-state index contributed by atoms with van der Waals surface area (Å²) in [7, 11) is 0. The summed E-state index contributed by atoms with van der Waals surface area (Å²) < 4.78 is 5.79. The summed E-state index contributed by atoms with van der Waals surface area (Å²) in [4.78, 5) is 16.5. The Morgan fingerprint density at radius 1 is 1.08 bits per heavy atom. The number of carbonyl (C=O) groups excluding carboxylic acids is 1. The molecule has 1 fully saturated rings. The highest BCUT2D eigenvalue weighted by molar-refractivity contribution is 6.30. The van der Waals surface area contributed by atoms with Crippen LogP contribution < -0.4 is 5.32 Å². The van der Waals surface area contributed by atoms with Gasteiger partial charge < -0.3 is 14.8 Å².